The number of ketones is 2. The lowest BCUT2D eigenvalue weighted by molar-refractivity contribution is -0.144. The van der Waals surface area contributed by atoms with Crippen LogP contribution >= 0.6 is 0 Å². The van der Waals surface area contributed by atoms with Gasteiger partial charge in [-0.05, 0) is 76.2 Å². The summed E-state index contributed by atoms with van der Waals surface area (Å²) < 4.78 is 5.37. The molecule has 5 atom stereocenters. The highest BCUT2D eigenvalue weighted by Crippen LogP contribution is 2.65. The van der Waals surface area contributed by atoms with Crippen molar-refractivity contribution < 1.29 is 33.5 Å². The van der Waals surface area contributed by atoms with Crippen molar-refractivity contribution in [1.82, 2.24) is 15.5 Å². The molecule has 1 saturated heterocycles. The first-order chi connectivity index (χ1) is 19.0. The third-order valence-electron chi connectivity index (χ3n) is 8.95. The molecule has 0 aromatic carbocycles. The number of nitrogens with one attached hydrogen (secondary N) is 2. The molecule has 3 fully saturated rings. The standard InChI is InChI=1S/C30H46N4O7/c1-8-16(2)21(35)13-12-19(33-28(40)41-29(3,4)5)27(39)34-15-18-22(30(18,6)7)23(34)26(38)32-20(24(36)25(31)37)14-17-10-9-11-17/h8,17-20,22-23H,9-15H2,1-7H3,(H2,31,37)(H,32,38)(H,33,40)/b16-8+/t18?,19-,20?,22?,23-/m0/s1. The van der Waals surface area contributed by atoms with Crippen molar-refractivity contribution >= 4 is 35.4 Å². The van der Waals surface area contributed by atoms with Crippen molar-refractivity contribution in [2.24, 2.45) is 28.9 Å². The summed E-state index contributed by atoms with van der Waals surface area (Å²) in [6, 6.07) is -3.06. The van der Waals surface area contributed by atoms with E-state index in [1.807, 2.05) is 13.8 Å². The number of nitrogens with two attached hydrogens (primary N) is 1. The van der Waals surface area contributed by atoms with E-state index in [1.165, 1.54) is 4.90 Å². The average Bonchev–Trinajstić information content (AvgIpc) is 3.17. The van der Waals surface area contributed by atoms with Crippen LogP contribution in [0.4, 0.5) is 4.79 Å². The summed E-state index contributed by atoms with van der Waals surface area (Å²) in [5.41, 5.74) is 4.82. The molecule has 3 aliphatic rings. The molecule has 1 heterocycles. The summed E-state index contributed by atoms with van der Waals surface area (Å²) in [4.78, 5) is 78.7. The lowest BCUT2D eigenvalue weighted by atomic mass is 9.80. The van der Waals surface area contributed by atoms with Crippen LogP contribution in [0.1, 0.15) is 87.0 Å². The number of rotatable bonds is 12. The Morgan fingerprint density at radius 2 is 1.71 bits per heavy atom. The second-order valence-electron chi connectivity index (χ2n) is 13.3. The summed E-state index contributed by atoms with van der Waals surface area (Å²) in [6.45, 7) is 12.9. The maximum absolute atomic E-state index is 14.0. The highest BCUT2D eigenvalue weighted by Gasteiger charge is 2.69. The van der Waals surface area contributed by atoms with E-state index in [2.05, 4.69) is 10.6 Å². The molecule has 2 saturated carbocycles. The molecule has 3 rings (SSSR count). The minimum Gasteiger partial charge on any atom is -0.444 e. The van der Waals surface area contributed by atoms with E-state index in [0.717, 1.165) is 19.3 Å². The van der Waals surface area contributed by atoms with Gasteiger partial charge in [0.15, 0.2) is 5.78 Å². The van der Waals surface area contributed by atoms with Crippen LogP contribution in [0.25, 0.3) is 0 Å². The molecule has 3 unspecified atom stereocenters. The Morgan fingerprint density at radius 1 is 1.07 bits per heavy atom. The van der Waals surface area contributed by atoms with E-state index >= 15 is 0 Å². The zero-order chi connectivity index (χ0) is 30.9. The number of ether oxygens (including phenoxy) is 1. The molecule has 0 aromatic heterocycles. The van der Waals surface area contributed by atoms with Gasteiger partial charge in [0.05, 0.1) is 6.04 Å². The average molecular weight is 575 g/mol. The maximum Gasteiger partial charge on any atom is 0.408 e. The zero-order valence-corrected chi connectivity index (χ0v) is 25.4. The highest BCUT2D eigenvalue weighted by molar-refractivity contribution is 6.37. The number of Topliss-reactive ketones (excluding diaryl/α,β-unsaturated/α-hetero) is 2. The van der Waals surface area contributed by atoms with Crippen molar-refractivity contribution in [2.45, 2.75) is 111 Å². The molecule has 11 heteroatoms. The minimum atomic E-state index is -1.11. The fraction of sp³-hybridized carbons (Fsp3) is 0.733. The number of likely N-dealkylation sites (tertiary alicyclic amines) is 1. The SMILES string of the molecule is C/C=C(\C)C(=O)CC[C@H](NC(=O)OC(C)(C)C)C(=O)N1CC2C([C@H]1C(=O)NC(CC1CCC1)C(=O)C(N)=O)C2(C)C. The molecule has 4 N–H and O–H groups in total. The fourth-order valence-electron chi connectivity index (χ4n) is 6.08. The molecular weight excluding hydrogens is 528 g/mol. The minimum absolute atomic E-state index is 0.0159. The lowest BCUT2D eigenvalue weighted by Crippen LogP contribution is -2.58. The number of amides is 4. The first kappa shape index (κ1) is 32.3. The number of alkyl carbamates (subject to hydrolysis) is 1. The number of primary amides is 1. The molecule has 0 aromatic rings. The predicted octanol–water partition coefficient (Wildman–Crippen LogP) is 2.41. The topological polar surface area (TPSA) is 165 Å². The Kier molecular flexibility index (Phi) is 9.70. The molecule has 41 heavy (non-hydrogen) atoms. The summed E-state index contributed by atoms with van der Waals surface area (Å²) in [6.07, 6.45) is 4.09. The molecule has 4 amide bonds. The molecule has 1 aliphatic heterocycles. The van der Waals surface area contributed by atoms with E-state index in [4.69, 9.17) is 10.5 Å². The number of fused-ring (bicyclic) bond motifs is 1. The third-order valence-corrected chi connectivity index (χ3v) is 8.95. The van der Waals surface area contributed by atoms with E-state index in [0.29, 0.717) is 18.5 Å². The van der Waals surface area contributed by atoms with Gasteiger partial charge in [-0.25, -0.2) is 4.79 Å². The number of nitrogens with zero attached hydrogens (tertiary/aromatic N) is 1. The second-order valence-corrected chi connectivity index (χ2v) is 13.3. The molecular formula is C30H46N4O7. The molecule has 228 valence electrons. The number of carbonyl (C=O) groups is 6. The van der Waals surface area contributed by atoms with E-state index in [9.17, 15) is 28.8 Å². The smallest absolute Gasteiger partial charge is 0.408 e. The molecule has 2 aliphatic carbocycles. The van der Waals surface area contributed by atoms with Gasteiger partial charge in [0.25, 0.3) is 5.91 Å². The van der Waals surface area contributed by atoms with Gasteiger partial charge in [0.1, 0.15) is 17.7 Å². The summed E-state index contributed by atoms with van der Waals surface area (Å²) >= 11 is 0. The highest BCUT2D eigenvalue weighted by atomic mass is 16.6. The summed E-state index contributed by atoms with van der Waals surface area (Å²) in [5.74, 6) is -3.03. The van der Waals surface area contributed by atoms with E-state index in [1.54, 1.807) is 40.7 Å². The van der Waals surface area contributed by atoms with Crippen LogP contribution in [0.2, 0.25) is 0 Å². The Morgan fingerprint density at radius 3 is 2.22 bits per heavy atom. The van der Waals surface area contributed by atoms with Gasteiger partial charge in [-0.1, -0.05) is 39.2 Å². The Hall–Kier alpha value is -3.24. The van der Waals surface area contributed by atoms with Crippen molar-refractivity contribution in [3.8, 4) is 0 Å². The normalized spacial score (nSPS) is 24.8. The van der Waals surface area contributed by atoms with Gasteiger partial charge in [-0.3, -0.25) is 24.0 Å². The van der Waals surface area contributed by atoms with Crippen molar-refractivity contribution in [1.29, 1.82) is 0 Å². The van der Waals surface area contributed by atoms with E-state index in [-0.39, 0.29) is 41.8 Å². The van der Waals surface area contributed by atoms with Crippen molar-refractivity contribution in [3.05, 3.63) is 11.6 Å². The first-order valence-corrected chi connectivity index (χ1v) is 14.6. The van der Waals surface area contributed by atoms with Crippen LogP contribution in [-0.4, -0.2) is 70.6 Å². The van der Waals surface area contributed by atoms with Gasteiger partial charge in [0.2, 0.25) is 17.6 Å². The third kappa shape index (κ3) is 7.54. The van der Waals surface area contributed by atoms with Gasteiger partial charge in [-0.15, -0.1) is 0 Å². The summed E-state index contributed by atoms with van der Waals surface area (Å²) in [7, 11) is 0. The van der Waals surface area contributed by atoms with Crippen LogP contribution in [0.3, 0.4) is 0 Å². The van der Waals surface area contributed by atoms with Gasteiger partial charge in [-0.2, -0.15) is 0 Å². The number of hydrogen-bond acceptors (Lipinski definition) is 7. The van der Waals surface area contributed by atoms with Gasteiger partial charge >= 0.3 is 6.09 Å². The zero-order valence-electron chi connectivity index (χ0n) is 25.4. The molecule has 0 radical (unpaired) electrons. The number of carbonyl (C=O) groups excluding carboxylic acids is 6. The number of piperidine rings is 1. The lowest BCUT2D eigenvalue weighted by Gasteiger charge is -2.35. The van der Waals surface area contributed by atoms with Gasteiger partial charge in [0, 0.05) is 13.0 Å². The van der Waals surface area contributed by atoms with Crippen molar-refractivity contribution in [2.75, 3.05) is 6.54 Å². The number of hydrogen-bond donors (Lipinski definition) is 3. The number of allylic oxidation sites excluding steroid dienone is 2. The summed E-state index contributed by atoms with van der Waals surface area (Å²) in [5, 5.41) is 5.36. The van der Waals surface area contributed by atoms with Crippen LogP contribution in [-0.2, 0) is 28.7 Å². The largest absolute Gasteiger partial charge is 0.444 e. The monoisotopic (exact) mass is 574 g/mol. The van der Waals surface area contributed by atoms with Crippen LogP contribution in [0, 0.1) is 23.2 Å². The Balaban J connectivity index is 1.84. The first-order valence-electron chi connectivity index (χ1n) is 14.6. The molecule has 11 nitrogen and oxygen atoms in total. The maximum atomic E-state index is 14.0. The van der Waals surface area contributed by atoms with Crippen LogP contribution in [0.15, 0.2) is 11.6 Å². The molecule has 0 bridgehead atoms. The second kappa shape index (κ2) is 12.3. The van der Waals surface area contributed by atoms with Gasteiger partial charge < -0.3 is 26.0 Å². The van der Waals surface area contributed by atoms with Crippen molar-refractivity contribution in [3.63, 3.8) is 0 Å². The quantitative estimate of drug-likeness (QED) is 0.238. The Bertz CT molecular complexity index is 1120. The fourth-order valence-corrected chi connectivity index (χ4v) is 6.08. The van der Waals surface area contributed by atoms with E-state index < -0.39 is 53.3 Å². The molecule has 0 spiro atoms. The predicted molar refractivity (Wildman–Crippen MR) is 151 cm³/mol. The Labute approximate surface area is 242 Å². The van der Waals surface area contributed by atoms with Crippen LogP contribution in [0.5, 0.6) is 0 Å². The van der Waals surface area contributed by atoms with Crippen LogP contribution < -0.4 is 16.4 Å².